The van der Waals surface area contributed by atoms with Crippen LogP contribution < -0.4 is 0 Å². The number of allylic oxidation sites excluding steroid dienone is 2. The number of β-lactam (4-membered cyclic amide) rings is 1. The number of carboxylic acid groups (broad SMARTS) is 1. The maximum atomic E-state index is 11.4. The van der Waals surface area contributed by atoms with E-state index in [2.05, 4.69) is 22.6 Å². The molecule has 0 bridgehead atoms. The van der Waals surface area contributed by atoms with Crippen LogP contribution in [0.3, 0.4) is 0 Å². The average molecular weight is 351 g/mol. The third kappa shape index (κ3) is 2.00. The molecule has 16 heavy (non-hydrogen) atoms. The predicted octanol–water partition coefficient (Wildman–Crippen LogP) is 1.62. The molecular formula is C10H10INO3S. The highest BCUT2D eigenvalue weighted by Gasteiger charge is 2.44. The number of carboxylic acids is 1. The normalized spacial score (nSPS) is 24.7. The molecule has 1 atom stereocenters. The third-order valence-corrected chi connectivity index (χ3v) is 4.24. The molecule has 1 saturated heterocycles. The van der Waals surface area contributed by atoms with Crippen molar-refractivity contribution in [2.24, 2.45) is 0 Å². The van der Waals surface area contributed by atoms with Crippen molar-refractivity contribution in [3.05, 3.63) is 23.4 Å². The van der Waals surface area contributed by atoms with Crippen LogP contribution in [0.15, 0.2) is 23.4 Å². The first-order valence-electron chi connectivity index (χ1n) is 4.77. The number of alkyl halides is 1. The predicted molar refractivity (Wildman–Crippen MR) is 70.4 cm³/mol. The minimum Gasteiger partial charge on any atom is -0.477 e. The number of rotatable bonds is 3. The van der Waals surface area contributed by atoms with E-state index in [1.54, 1.807) is 11.8 Å². The molecule has 0 spiro atoms. The third-order valence-electron chi connectivity index (χ3n) is 2.49. The summed E-state index contributed by atoms with van der Waals surface area (Å²) in [5.41, 5.74) is 0.902. The van der Waals surface area contributed by atoms with Gasteiger partial charge < -0.3 is 5.11 Å². The topological polar surface area (TPSA) is 57.6 Å². The molecule has 6 heteroatoms. The summed E-state index contributed by atoms with van der Waals surface area (Å²) in [5, 5.41) is 9.19. The first kappa shape index (κ1) is 12.0. The monoisotopic (exact) mass is 351 g/mol. The smallest absolute Gasteiger partial charge is 0.352 e. The SMILES string of the molecule is O=C(O)C1=C(C=CCI)CSC2CC(=O)N12. The van der Waals surface area contributed by atoms with Gasteiger partial charge in [-0.25, -0.2) is 4.79 Å². The van der Waals surface area contributed by atoms with Gasteiger partial charge in [0.05, 0.1) is 11.8 Å². The molecule has 4 nitrogen and oxygen atoms in total. The second kappa shape index (κ2) is 4.79. The zero-order chi connectivity index (χ0) is 11.7. The van der Waals surface area contributed by atoms with Crippen LogP contribution in [0.1, 0.15) is 6.42 Å². The molecule has 0 radical (unpaired) electrons. The van der Waals surface area contributed by atoms with Crippen molar-refractivity contribution >= 4 is 46.2 Å². The van der Waals surface area contributed by atoms with E-state index in [9.17, 15) is 9.59 Å². The molecule has 2 aliphatic rings. The molecule has 0 aliphatic carbocycles. The Labute approximate surface area is 111 Å². The van der Waals surface area contributed by atoms with E-state index in [-0.39, 0.29) is 17.0 Å². The number of fused-ring (bicyclic) bond motifs is 1. The Morgan fingerprint density at radius 1 is 1.69 bits per heavy atom. The van der Waals surface area contributed by atoms with E-state index < -0.39 is 5.97 Å². The largest absolute Gasteiger partial charge is 0.477 e. The maximum absolute atomic E-state index is 11.4. The highest BCUT2D eigenvalue weighted by molar-refractivity contribution is 14.1. The van der Waals surface area contributed by atoms with Gasteiger partial charge in [0, 0.05) is 10.2 Å². The molecule has 86 valence electrons. The van der Waals surface area contributed by atoms with Crippen LogP contribution in [-0.4, -0.2) is 37.4 Å². The molecule has 1 fully saturated rings. The van der Waals surface area contributed by atoms with Crippen LogP contribution in [0.2, 0.25) is 0 Å². The second-order valence-electron chi connectivity index (χ2n) is 3.47. The van der Waals surface area contributed by atoms with E-state index >= 15 is 0 Å². The van der Waals surface area contributed by atoms with Gasteiger partial charge in [-0.05, 0) is 5.57 Å². The van der Waals surface area contributed by atoms with E-state index in [4.69, 9.17) is 5.11 Å². The van der Waals surface area contributed by atoms with Crippen LogP contribution in [0.4, 0.5) is 0 Å². The number of hydrogen-bond donors (Lipinski definition) is 1. The van der Waals surface area contributed by atoms with Crippen molar-refractivity contribution in [2.75, 3.05) is 10.2 Å². The van der Waals surface area contributed by atoms with Gasteiger partial charge in [0.15, 0.2) is 0 Å². The van der Waals surface area contributed by atoms with Gasteiger partial charge in [0.25, 0.3) is 0 Å². The Morgan fingerprint density at radius 2 is 2.44 bits per heavy atom. The Bertz CT molecular complexity index is 405. The summed E-state index contributed by atoms with van der Waals surface area (Å²) >= 11 is 3.82. The quantitative estimate of drug-likeness (QED) is 0.477. The molecule has 0 aromatic heterocycles. The second-order valence-corrected chi connectivity index (χ2v) is 5.52. The van der Waals surface area contributed by atoms with Crippen molar-refractivity contribution in [1.29, 1.82) is 0 Å². The fourth-order valence-electron chi connectivity index (χ4n) is 1.75. The Hall–Kier alpha value is -0.500. The van der Waals surface area contributed by atoms with Crippen molar-refractivity contribution < 1.29 is 14.7 Å². The summed E-state index contributed by atoms with van der Waals surface area (Å²) in [4.78, 5) is 24.0. The number of halogens is 1. The van der Waals surface area contributed by atoms with Gasteiger partial charge >= 0.3 is 5.97 Å². The fourth-order valence-corrected chi connectivity index (χ4v) is 3.24. The summed E-state index contributed by atoms with van der Waals surface area (Å²) in [6, 6.07) is 0. The van der Waals surface area contributed by atoms with Crippen molar-refractivity contribution in [3.63, 3.8) is 0 Å². The Morgan fingerprint density at radius 3 is 3.00 bits per heavy atom. The highest BCUT2D eigenvalue weighted by atomic mass is 127. The van der Waals surface area contributed by atoms with Crippen LogP contribution in [0.25, 0.3) is 0 Å². The van der Waals surface area contributed by atoms with Gasteiger partial charge in [0.1, 0.15) is 5.70 Å². The average Bonchev–Trinajstić information content (AvgIpc) is 2.24. The van der Waals surface area contributed by atoms with E-state index in [0.717, 1.165) is 10.0 Å². The molecule has 0 saturated carbocycles. The number of aliphatic carboxylic acids is 1. The number of carbonyl (C=O) groups is 2. The molecular weight excluding hydrogens is 341 g/mol. The summed E-state index contributed by atoms with van der Waals surface area (Å²) in [6.45, 7) is 0. The van der Waals surface area contributed by atoms with Gasteiger partial charge in [-0.2, -0.15) is 0 Å². The maximum Gasteiger partial charge on any atom is 0.352 e. The Kier molecular flexibility index (Phi) is 3.58. The molecule has 0 aromatic rings. The lowest BCUT2D eigenvalue weighted by molar-refractivity contribution is -0.146. The van der Waals surface area contributed by atoms with Crippen LogP contribution in [0, 0.1) is 0 Å². The van der Waals surface area contributed by atoms with Crippen molar-refractivity contribution in [2.45, 2.75) is 11.8 Å². The lowest BCUT2D eigenvalue weighted by atomic mass is 10.1. The first-order valence-corrected chi connectivity index (χ1v) is 7.35. The molecule has 1 amide bonds. The van der Waals surface area contributed by atoms with Crippen LogP contribution in [0.5, 0.6) is 0 Å². The number of carbonyl (C=O) groups excluding carboxylic acids is 1. The lowest BCUT2D eigenvalue weighted by Crippen LogP contribution is -2.53. The van der Waals surface area contributed by atoms with Gasteiger partial charge in [-0.3, -0.25) is 9.69 Å². The summed E-state index contributed by atoms with van der Waals surface area (Å²) in [7, 11) is 0. The zero-order valence-corrected chi connectivity index (χ0v) is 11.3. The minimum absolute atomic E-state index is 0.0374. The van der Waals surface area contributed by atoms with Gasteiger partial charge in [-0.15, -0.1) is 11.8 Å². The molecule has 1 N–H and O–H groups in total. The summed E-state index contributed by atoms with van der Waals surface area (Å²) in [5.74, 6) is -0.426. The van der Waals surface area contributed by atoms with Crippen LogP contribution >= 0.6 is 34.4 Å². The lowest BCUT2D eigenvalue weighted by Gasteiger charge is -2.43. The number of thioether (sulfide) groups is 1. The highest BCUT2D eigenvalue weighted by Crippen LogP contribution is 2.40. The van der Waals surface area contributed by atoms with Crippen molar-refractivity contribution in [1.82, 2.24) is 4.90 Å². The minimum atomic E-state index is -1.01. The summed E-state index contributed by atoms with van der Waals surface area (Å²) in [6.07, 6.45) is 4.18. The standard InChI is InChI=1S/C10H10INO3S/c11-3-1-2-6-5-16-8-4-7(13)12(8)9(6)10(14)15/h1-2,8H,3-5H2,(H,14,15). The van der Waals surface area contributed by atoms with E-state index in [0.29, 0.717) is 12.2 Å². The molecule has 2 heterocycles. The van der Waals surface area contributed by atoms with E-state index in [1.165, 1.54) is 4.90 Å². The number of hydrogen-bond acceptors (Lipinski definition) is 3. The summed E-state index contributed by atoms with van der Waals surface area (Å²) < 4.78 is 0.830. The van der Waals surface area contributed by atoms with Crippen molar-refractivity contribution in [3.8, 4) is 0 Å². The fraction of sp³-hybridized carbons (Fsp3) is 0.400. The van der Waals surface area contributed by atoms with Gasteiger partial charge in [0.2, 0.25) is 5.91 Å². The molecule has 1 unspecified atom stereocenters. The number of nitrogens with zero attached hydrogens (tertiary/aromatic N) is 1. The van der Waals surface area contributed by atoms with Crippen LogP contribution in [-0.2, 0) is 9.59 Å². The molecule has 2 rings (SSSR count). The number of amides is 1. The van der Waals surface area contributed by atoms with E-state index in [1.807, 2.05) is 12.2 Å². The molecule has 2 aliphatic heterocycles. The zero-order valence-electron chi connectivity index (χ0n) is 8.35. The molecule has 0 aromatic carbocycles. The Balaban J connectivity index is 2.35. The van der Waals surface area contributed by atoms with Gasteiger partial charge in [-0.1, -0.05) is 34.7 Å². The first-order chi connectivity index (χ1) is 7.65.